The molecule has 1 saturated heterocycles. The Morgan fingerprint density at radius 1 is 1.11 bits per heavy atom. The van der Waals surface area contributed by atoms with Crippen LogP contribution in [0.25, 0.3) is 0 Å². The predicted molar refractivity (Wildman–Crippen MR) is 112 cm³/mol. The first-order valence-corrected chi connectivity index (χ1v) is 11.7. The zero-order valence-corrected chi connectivity index (χ0v) is 18.1. The highest BCUT2D eigenvalue weighted by Crippen LogP contribution is 2.41. The molecule has 1 aromatic heterocycles. The number of aryl methyl sites for hydroxylation is 1. The number of hydrogen-bond donors (Lipinski definition) is 0. The molecule has 0 saturated carbocycles. The summed E-state index contributed by atoms with van der Waals surface area (Å²) in [6, 6.07) is 10.9. The number of rotatable bonds is 4. The third kappa shape index (κ3) is 4.73. The molecule has 1 aliphatic heterocycles. The van der Waals surface area contributed by atoms with Gasteiger partial charge < -0.3 is 0 Å². The van der Waals surface area contributed by atoms with Gasteiger partial charge in [-0.25, -0.2) is 13.4 Å². The largest absolute Gasteiger partial charge is 0.250 e. The molecule has 0 aliphatic carbocycles. The zero-order valence-electron chi connectivity index (χ0n) is 16.5. The molecule has 1 atom stereocenters. The third-order valence-electron chi connectivity index (χ3n) is 4.64. The molecule has 1 aromatic carbocycles. The second-order valence-corrected chi connectivity index (χ2v) is 11.8. The molecule has 6 heteroatoms. The topological polar surface area (TPSA) is 50.3 Å². The first-order chi connectivity index (χ1) is 12.7. The van der Waals surface area contributed by atoms with E-state index in [1.807, 2.05) is 31.2 Å². The van der Waals surface area contributed by atoms with Crippen molar-refractivity contribution < 1.29 is 8.42 Å². The van der Waals surface area contributed by atoms with Crippen LogP contribution in [0.15, 0.2) is 52.5 Å². The molecule has 1 unspecified atom stereocenters. The molecule has 146 valence electrons. The Morgan fingerprint density at radius 3 is 2.48 bits per heavy atom. The Kier molecular flexibility index (Phi) is 5.99. The summed E-state index contributed by atoms with van der Waals surface area (Å²) in [6.45, 7) is 8.97. The van der Waals surface area contributed by atoms with E-state index in [-0.39, 0.29) is 10.8 Å². The van der Waals surface area contributed by atoms with Gasteiger partial charge in [0.2, 0.25) is 10.0 Å². The van der Waals surface area contributed by atoms with Gasteiger partial charge in [0.1, 0.15) is 5.03 Å². The van der Waals surface area contributed by atoms with E-state index in [9.17, 15) is 8.42 Å². The highest BCUT2D eigenvalue weighted by molar-refractivity contribution is 8.00. The van der Waals surface area contributed by atoms with Crippen LogP contribution in [0.1, 0.15) is 57.2 Å². The Hall–Kier alpha value is -1.37. The lowest BCUT2D eigenvalue weighted by Crippen LogP contribution is -2.38. The maximum absolute atomic E-state index is 13.4. The lowest BCUT2D eigenvalue weighted by molar-refractivity contribution is 0.252. The number of sulfonamides is 1. The van der Waals surface area contributed by atoms with E-state index in [1.54, 1.807) is 34.4 Å². The smallest absolute Gasteiger partial charge is 0.243 e. The van der Waals surface area contributed by atoms with Crippen LogP contribution in [0.3, 0.4) is 0 Å². The third-order valence-corrected chi connectivity index (χ3v) is 7.71. The summed E-state index contributed by atoms with van der Waals surface area (Å²) in [7, 11) is -3.54. The average Bonchev–Trinajstić information content (AvgIpc) is 2.61. The van der Waals surface area contributed by atoms with Crippen molar-refractivity contribution in [2.75, 3.05) is 6.54 Å². The van der Waals surface area contributed by atoms with Gasteiger partial charge in [-0.15, -0.1) is 11.8 Å². The number of pyridine rings is 1. The van der Waals surface area contributed by atoms with Gasteiger partial charge in [-0.1, -0.05) is 51.0 Å². The summed E-state index contributed by atoms with van der Waals surface area (Å²) >= 11 is 1.70. The van der Waals surface area contributed by atoms with Crippen molar-refractivity contribution in [2.45, 2.75) is 67.7 Å². The second-order valence-electron chi connectivity index (χ2n) is 8.05. The molecule has 27 heavy (non-hydrogen) atoms. The summed E-state index contributed by atoms with van der Waals surface area (Å²) in [5, 5.41) is 0.931. The van der Waals surface area contributed by atoms with Gasteiger partial charge in [-0.3, -0.25) is 0 Å². The molecule has 0 spiro atoms. The molecule has 2 aromatic rings. The fourth-order valence-electron chi connectivity index (χ4n) is 3.38. The Morgan fingerprint density at radius 2 is 1.81 bits per heavy atom. The molecule has 1 fully saturated rings. The van der Waals surface area contributed by atoms with Crippen LogP contribution in [-0.4, -0.2) is 29.0 Å². The molecular formula is C21H28N2O2S2. The summed E-state index contributed by atoms with van der Waals surface area (Å²) in [5.74, 6) is 0. The van der Waals surface area contributed by atoms with E-state index in [0.29, 0.717) is 11.4 Å². The molecule has 0 amide bonds. The van der Waals surface area contributed by atoms with Gasteiger partial charge in [-0.05, 0) is 38.0 Å². The van der Waals surface area contributed by atoms with Crippen molar-refractivity contribution in [1.82, 2.24) is 9.29 Å². The molecule has 3 rings (SSSR count). The van der Waals surface area contributed by atoms with E-state index >= 15 is 0 Å². The number of hydrogen-bond acceptors (Lipinski definition) is 4. The Labute approximate surface area is 167 Å². The lowest BCUT2D eigenvalue weighted by Gasteiger charge is -2.36. The number of thioether (sulfide) groups is 1. The van der Waals surface area contributed by atoms with E-state index in [4.69, 9.17) is 0 Å². The van der Waals surface area contributed by atoms with Crippen LogP contribution in [0.4, 0.5) is 0 Å². The molecular weight excluding hydrogens is 376 g/mol. The van der Waals surface area contributed by atoms with Gasteiger partial charge in [-0.2, -0.15) is 4.31 Å². The quantitative estimate of drug-likeness (QED) is 0.658. The molecule has 0 radical (unpaired) electrons. The summed E-state index contributed by atoms with van der Waals surface area (Å²) in [6.07, 6.45) is 4.54. The number of nitrogens with zero attached hydrogens (tertiary/aromatic N) is 2. The minimum absolute atomic E-state index is 0.0123. The predicted octanol–water partition coefficient (Wildman–Crippen LogP) is 5.20. The van der Waals surface area contributed by atoms with Crippen molar-refractivity contribution in [2.24, 2.45) is 0 Å². The fourth-order valence-corrected chi connectivity index (χ4v) is 6.07. The van der Waals surface area contributed by atoms with Crippen molar-refractivity contribution in [3.63, 3.8) is 0 Å². The fraction of sp³-hybridized carbons (Fsp3) is 0.476. The Bertz CT molecular complexity index is 887. The monoisotopic (exact) mass is 404 g/mol. The Balaban J connectivity index is 2.01. The van der Waals surface area contributed by atoms with Crippen LogP contribution in [-0.2, 0) is 10.0 Å². The molecule has 0 bridgehead atoms. The summed E-state index contributed by atoms with van der Waals surface area (Å²) < 4.78 is 28.5. The minimum Gasteiger partial charge on any atom is -0.250 e. The maximum Gasteiger partial charge on any atom is 0.243 e. The standard InChI is InChI=1S/C21H28N2O2S2/c1-16-10-12-17(13-11-16)27(24,25)23-15-6-5-9-19(23)18-8-7-14-22-20(18)26-21(2,3)4/h7-8,10-14,19H,5-6,9,15H2,1-4H3. The average molecular weight is 405 g/mol. The minimum atomic E-state index is -3.54. The number of benzene rings is 1. The first kappa shape index (κ1) is 20.4. The highest BCUT2D eigenvalue weighted by atomic mass is 32.2. The van der Waals surface area contributed by atoms with E-state index in [0.717, 1.165) is 35.4 Å². The summed E-state index contributed by atoms with van der Waals surface area (Å²) in [5.41, 5.74) is 2.08. The van der Waals surface area contributed by atoms with Crippen LogP contribution >= 0.6 is 11.8 Å². The van der Waals surface area contributed by atoms with Crippen LogP contribution < -0.4 is 0 Å². The van der Waals surface area contributed by atoms with E-state index in [2.05, 4.69) is 25.8 Å². The second kappa shape index (κ2) is 7.94. The molecule has 1 aliphatic rings. The lowest BCUT2D eigenvalue weighted by atomic mass is 9.99. The molecule has 0 N–H and O–H groups in total. The van der Waals surface area contributed by atoms with Crippen LogP contribution in [0.5, 0.6) is 0 Å². The van der Waals surface area contributed by atoms with Crippen molar-refractivity contribution in [1.29, 1.82) is 0 Å². The normalized spacial score (nSPS) is 19.2. The number of aromatic nitrogens is 1. The first-order valence-electron chi connectivity index (χ1n) is 9.41. The van der Waals surface area contributed by atoms with Crippen molar-refractivity contribution >= 4 is 21.8 Å². The molecule has 4 nitrogen and oxygen atoms in total. The van der Waals surface area contributed by atoms with Gasteiger partial charge in [0.15, 0.2) is 0 Å². The maximum atomic E-state index is 13.4. The van der Waals surface area contributed by atoms with E-state index < -0.39 is 10.0 Å². The molecule has 2 heterocycles. The number of piperidine rings is 1. The highest BCUT2D eigenvalue weighted by Gasteiger charge is 2.36. The zero-order chi connectivity index (χ0) is 19.7. The van der Waals surface area contributed by atoms with Gasteiger partial charge >= 0.3 is 0 Å². The van der Waals surface area contributed by atoms with Crippen LogP contribution in [0.2, 0.25) is 0 Å². The van der Waals surface area contributed by atoms with Crippen LogP contribution in [0, 0.1) is 6.92 Å². The van der Waals surface area contributed by atoms with Gasteiger partial charge in [0.25, 0.3) is 0 Å². The SMILES string of the molecule is Cc1ccc(S(=O)(=O)N2CCCCC2c2cccnc2SC(C)(C)C)cc1. The summed E-state index contributed by atoms with van der Waals surface area (Å²) in [4.78, 5) is 4.95. The van der Waals surface area contributed by atoms with E-state index in [1.165, 1.54) is 0 Å². The van der Waals surface area contributed by atoms with Crippen molar-refractivity contribution in [3.05, 3.63) is 53.7 Å². The van der Waals surface area contributed by atoms with Gasteiger partial charge in [0, 0.05) is 23.1 Å². The van der Waals surface area contributed by atoms with Gasteiger partial charge in [0.05, 0.1) is 10.9 Å². The van der Waals surface area contributed by atoms with Crippen molar-refractivity contribution in [3.8, 4) is 0 Å².